The normalized spacial score (nSPS) is 10.4. The molecule has 0 amide bonds. The van der Waals surface area contributed by atoms with Crippen LogP contribution in [0.3, 0.4) is 0 Å². The predicted molar refractivity (Wildman–Crippen MR) is 101 cm³/mol. The van der Waals surface area contributed by atoms with Gasteiger partial charge in [0.1, 0.15) is 23.6 Å². The smallest absolute Gasteiger partial charge is 0.406 e. The second kappa shape index (κ2) is 8.42. The molecule has 0 spiro atoms. The van der Waals surface area contributed by atoms with Gasteiger partial charge in [-0.1, -0.05) is 6.07 Å². The van der Waals surface area contributed by atoms with Crippen LogP contribution in [0.5, 0.6) is 11.5 Å². The van der Waals surface area contributed by atoms with Crippen molar-refractivity contribution in [2.75, 3.05) is 21.3 Å². The van der Waals surface area contributed by atoms with Gasteiger partial charge in [-0.3, -0.25) is 0 Å². The lowest BCUT2D eigenvalue weighted by Crippen LogP contribution is -2.38. The third kappa shape index (κ3) is 4.03. The Morgan fingerprint density at radius 2 is 1.72 bits per heavy atom. The van der Waals surface area contributed by atoms with Crippen molar-refractivity contribution >= 4 is 23.0 Å². The van der Waals surface area contributed by atoms with Gasteiger partial charge in [0.2, 0.25) is 5.52 Å². The number of hydrogen-bond acceptors (Lipinski definition) is 8. The third-order valence-corrected chi connectivity index (χ3v) is 4.16. The Kier molecular flexibility index (Phi) is 5.77. The lowest BCUT2D eigenvalue weighted by Gasteiger charge is -2.12. The number of esters is 2. The van der Waals surface area contributed by atoms with Gasteiger partial charge in [-0.2, -0.15) is 4.73 Å². The zero-order valence-corrected chi connectivity index (χ0v) is 16.0. The highest BCUT2D eigenvalue weighted by Gasteiger charge is 2.28. The van der Waals surface area contributed by atoms with E-state index in [1.54, 1.807) is 30.3 Å². The number of aromatic nitrogens is 2. The summed E-state index contributed by atoms with van der Waals surface area (Å²) in [6, 6.07) is 11.0. The second-order valence-corrected chi connectivity index (χ2v) is 5.86. The van der Waals surface area contributed by atoms with E-state index >= 15 is 0 Å². The summed E-state index contributed by atoms with van der Waals surface area (Å²) in [5.74, 6) is -0.639. The molecule has 2 aromatic carbocycles. The number of carbonyl (C=O) groups excluding carboxylic acids is 2. The highest BCUT2D eigenvalue weighted by molar-refractivity contribution is 5.90. The van der Waals surface area contributed by atoms with Gasteiger partial charge in [0.05, 0.1) is 33.0 Å². The van der Waals surface area contributed by atoms with Crippen LogP contribution < -0.4 is 14.2 Å². The van der Waals surface area contributed by atoms with Crippen molar-refractivity contribution in [3.63, 3.8) is 0 Å². The summed E-state index contributed by atoms with van der Waals surface area (Å²) in [5.41, 5.74) is 0.283. The first-order chi connectivity index (χ1) is 14.0. The van der Waals surface area contributed by atoms with E-state index in [1.807, 2.05) is 0 Å². The highest BCUT2D eigenvalue weighted by atomic mass is 16.5. The molecule has 0 N–H and O–H groups in total. The second-order valence-electron chi connectivity index (χ2n) is 5.86. The molecule has 0 saturated heterocycles. The van der Waals surface area contributed by atoms with E-state index in [-0.39, 0.29) is 22.5 Å². The number of ether oxygens (including phenoxy) is 4. The standard InChI is InChI=1S/C20H18N2O7/c1-26-13-6-4-5-12(9-13)19(23)29-11-16-18(20(24)28-3)22(25)17-10-14(27-2)7-8-15(17)21-16/h4-10H,11H2,1-3H3. The minimum absolute atomic E-state index is 0.0271. The summed E-state index contributed by atoms with van der Waals surface area (Å²) in [7, 11) is 4.08. The Morgan fingerprint density at radius 1 is 1.00 bits per heavy atom. The zero-order valence-electron chi connectivity index (χ0n) is 16.0. The maximum absolute atomic E-state index is 12.8. The predicted octanol–water partition coefficient (Wildman–Crippen LogP) is 2.03. The first-order valence-electron chi connectivity index (χ1n) is 8.48. The fourth-order valence-electron chi connectivity index (χ4n) is 2.69. The van der Waals surface area contributed by atoms with Gasteiger partial charge in [-0.25, -0.2) is 14.6 Å². The molecule has 0 aliphatic rings. The molecule has 1 heterocycles. The number of rotatable bonds is 6. The number of benzene rings is 2. The highest BCUT2D eigenvalue weighted by Crippen LogP contribution is 2.20. The fraction of sp³-hybridized carbons (Fsp3) is 0.200. The van der Waals surface area contributed by atoms with E-state index < -0.39 is 18.5 Å². The van der Waals surface area contributed by atoms with Crippen molar-refractivity contribution < 1.29 is 33.3 Å². The first kappa shape index (κ1) is 19.9. The zero-order chi connectivity index (χ0) is 21.0. The Hall–Kier alpha value is -3.88. The summed E-state index contributed by atoms with van der Waals surface area (Å²) in [5, 5.41) is 12.8. The van der Waals surface area contributed by atoms with Crippen molar-refractivity contribution in [1.29, 1.82) is 0 Å². The Bertz CT molecular complexity index is 1080. The summed E-state index contributed by atoms with van der Waals surface area (Å²) in [6.07, 6.45) is 0. The molecular formula is C20H18N2O7. The van der Waals surface area contributed by atoms with E-state index in [0.29, 0.717) is 21.7 Å². The number of nitrogens with zero attached hydrogens (tertiary/aromatic N) is 2. The maximum atomic E-state index is 12.8. The monoisotopic (exact) mass is 398 g/mol. The number of methoxy groups -OCH3 is 3. The summed E-state index contributed by atoms with van der Waals surface area (Å²) >= 11 is 0. The summed E-state index contributed by atoms with van der Waals surface area (Å²) in [6.45, 7) is -0.398. The van der Waals surface area contributed by atoms with Crippen LogP contribution in [0.4, 0.5) is 0 Å². The molecular weight excluding hydrogens is 380 g/mol. The molecule has 9 nitrogen and oxygen atoms in total. The minimum atomic E-state index is -0.898. The van der Waals surface area contributed by atoms with E-state index in [1.165, 1.54) is 26.4 Å². The van der Waals surface area contributed by atoms with Crippen molar-refractivity contribution in [2.45, 2.75) is 6.61 Å². The van der Waals surface area contributed by atoms with Crippen molar-refractivity contribution in [2.24, 2.45) is 0 Å². The molecule has 0 aliphatic carbocycles. The van der Waals surface area contributed by atoms with Crippen molar-refractivity contribution in [3.05, 3.63) is 64.6 Å². The van der Waals surface area contributed by atoms with E-state index in [2.05, 4.69) is 4.98 Å². The molecule has 150 valence electrons. The van der Waals surface area contributed by atoms with Gasteiger partial charge in [0.25, 0.3) is 0 Å². The Labute approximate surface area is 166 Å². The molecule has 3 rings (SSSR count). The van der Waals surface area contributed by atoms with Crippen LogP contribution in [0.15, 0.2) is 42.5 Å². The van der Waals surface area contributed by atoms with Gasteiger partial charge in [-0.05, 0) is 30.3 Å². The Balaban J connectivity index is 1.97. The minimum Gasteiger partial charge on any atom is -0.618 e. The Morgan fingerprint density at radius 3 is 2.41 bits per heavy atom. The largest absolute Gasteiger partial charge is 0.618 e. The molecule has 0 atom stereocenters. The molecule has 0 fully saturated rings. The lowest BCUT2D eigenvalue weighted by molar-refractivity contribution is -0.581. The molecule has 1 aromatic heterocycles. The molecule has 29 heavy (non-hydrogen) atoms. The number of carbonyl (C=O) groups is 2. The topological polar surface area (TPSA) is 111 Å². The lowest BCUT2D eigenvalue weighted by atomic mass is 10.2. The number of fused-ring (bicyclic) bond motifs is 1. The summed E-state index contributed by atoms with van der Waals surface area (Å²) < 4.78 is 20.5. The maximum Gasteiger partial charge on any atom is 0.406 e. The van der Waals surface area contributed by atoms with Crippen molar-refractivity contribution in [1.82, 2.24) is 4.98 Å². The van der Waals surface area contributed by atoms with Gasteiger partial charge in [0.15, 0.2) is 5.69 Å². The molecule has 3 aromatic rings. The van der Waals surface area contributed by atoms with Gasteiger partial charge < -0.3 is 24.2 Å². The van der Waals surface area contributed by atoms with Crippen LogP contribution in [-0.2, 0) is 16.1 Å². The van der Waals surface area contributed by atoms with Gasteiger partial charge in [0, 0.05) is 0 Å². The molecule has 9 heteroatoms. The van der Waals surface area contributed by atoms with Crippen LogP contribution >= 0.6 is 0 Å². The molecule has 0 radical (unpaired) electrons. The van der Waals surface area contributed by atoms with Gasteiger partial charge >= 0.3 is 17.6 Å². The molecule has 0 saturated carbocycles. The van der Waals surface area contributed by atoms with Gasteiger partial charge in [-0.15, -0.1) is 0 Å². The average molecular weight is 398 g/mol. The quantitative estimate of drug-likeness (QED) is 0.352. The molecule has 0 unspecified atom stereocenters. The SMILES string of the molecule is COC(=O)c1c(COC(=O)c2cccc(OC)c2)nc2ccc(OC)cc2[n+]1[O-]. The van der Waals surface area contributed by atoms with E-state index in [9.17, 15) is 14.8 Å². The van der Waals surface area contributed by atoms with Crippen molar-refractivity contribution in [3.8, 4) is 11.5 Å². The van der Waals surface area contributed by atoms with E-state index in [4.69, 9.17) is 18.9 Å². The van der Waals surface area contributed by atoms with Crippen LogP contribution in [0.2, 0.25) is 0 Å². The third-order valence-electron chi connectivity index (χ3n) is 4.16. The van der Waals surface area contributed by atoms with Crippen LogP contribution in [0.1, 0.15) is 26.5 Å². The molecule has 0 aliphatic heterocycles. The van der Waals surface area contributed by atoms with Crippen LogP contribution in [0.25, 0.3) is 11.0 Å². The number of hydrogen-bond donors (Lipinski definition) is 0. The molecule has 0 bridgehead atoms. The van der Waals surface area contributed by atoms with Crippen LogP contribution in [0, 0.1) is 5.21 Å². The average Bonchev–Trinajstić information content (AvgIpc) is 2.76. The van der Waals surface area contributed by atoms with E-state index in [0.717, 1.165) is 7.11 Å². The van der Waals surface area contributed by atoms with Crippen LogP contribution in [-0.4, -0.2) is 38.3 Å². The fourth-order valence-corrected chi connectivity index (χ4v) is 2.69. The first-order valence-corrected chi connectivity index (χ1v) is 8.48. The summed E-state index contributed by atoms with van der Waals surface area (Å²) in [4.78, 5) is 28.8.